The third-order valence-electron chi connectivity index (χ3n) is 4.30. The average Bonchev–Trinajstić information content (AvgIpc) is 3.15. The summed E-state index contributed by atoms with van der Waals surface area (Å²) in [6.07, 6.45) is 0. The summed E-state index contributed by atoms with van der Waals surface area (Å²) in [4.78, 5) is 28.3. The number of benzene rings is 3. The van der Waals surface area contributed by atoms with Gasteiger partial charge in [-0.25, -0.2) is 4.98 Å². The lowest BCUT2D eigenvalue weighted by atomic mass is 10.1. The van der Waals surface area contributed by atoms with Gasteiger partial charge in [0, 0.05) is 16.8 Å². The van der Waals surface area contributed by atoms with Crippen LogP contribution >= 0.6 is 46.3 Å². The summed E-state index contributed by atoms with van der Waals surface area (Å²) in [6, 6.07) is 18.9. The molecule has 1 heterocycles. The molecule has 1 aromatic heterocycles. The standard InChI is InChI=1S/C21H13Cl2N3O3S2/c22-13-6-9-18-16(10-13)25-21(30-18)31-19(12-4-2-1-3-5-12)20(27)24-14-7-8-15(23)17(11-14)26(28)29/h1-11,19H,(H,24,27). The highest BCUT2D eigenvalue weighted by Gasteiger charge is 2.25. The van der Waals surface area contributed by atoms with Crippen LogP contribution in [0.4, 0.5) is 11.4 Å². The molecule has 0 aliphatic rings. The van der Waals surface area contributed by atoms with Crippen LogP contribution < -0.4 is 5.32 Å². The molecule has 0 saturated heterocycles. The third-order valence-corrected chi connectivity index (χ3v) is 7.24. The predicted molar refractivity (Wildman–Crippen MR) is 126 cm³/mol. The molecule has 4 aromatic rings. The maximum Gasteiger partial charge on any atom is 0.289 e. The van der Waals surface area contributed by atoms with Gasteiger partial charge < -0.3 is 5.32 Å². The lowest BCUT2D eigenvalue weighted by Gasteiger charge is -2.16. The Morgan fingerprint density at radius 3 is 2.61 bits per heavy atom. The highest BCUT2D eigenvalue weighted by molar-refractivity contribution is 8.02. The molecule has 10 heteroatoms. The van der Waals surface area contributed by atoms with Crippen molar-refractivity contribution in [2.45, 2.75) is 9.59 Å². The zero-order valence-electron chi connectivity index (χ0n) is 15.6. The number of hydrogen-bond acceptors (Lipinski definition) is 6. The second-order valence-corrected chi connectivity index (χ2v) is 9.64. The van der Waals surface area contributed by atoms with Crippen molar-refractivity contribution in [2.75, 3.05) is 5.32 Å². The van der Waals surface area contributed by atoms with Crippen LogP contribution in [-0.4, -0.2) is 15.8 Å². The molecular formula is C21H13Cl2N3O3S2. The molecule has 1 amide bonds. The monoisotopic (exact) mass is 489 g/mol. The Morgan fingerprint density at radius 1 is 1.10 bits per heavy atom. The van der Waals surface area contributed by atoms with Crippen LogP contribution in [0.2, 0.25) is 10.0 Å². The molecule has 0 bridgehead atoms. The minimum absolute atomic E-state index is 0.00474. The van der Waals surface area contributed by atoms with Gasteiger partial charge in [-0.3, -0.25) is 14.9 Å². The Labute approximate surface area is 195 Å². The Kier molecular flexibility index (Phi) is 6.43. The van der Waals surface area contributed by atoms with Gasteiger partial charge in [0.1, 0.15) is 10.3 Å². The zero-order chi connectivity index (χ0) is 22.0. The zero-order valence-corrected chi connectivity index (χ0v) is 18.8. The smallest absolute Gasteiger partial charge is 0.289 e. The topological polar surface area (TPSA) is 85.1 Å². The third kappa shape index (κ3) is 4.99. The summed E-state index contributed by atoms with van der Waals surface area (Å²) < 4.78 is 1.68. The van der Waals surface area contributed by atoms with Gasteiger partial charge in [-0.05, 0) is 35.9 Å². The van der Waals surface area contributed by atoms with Gasteiger partial charge in [-0.2, -0.15) is 0 Å². The minimum Gasteiger partial charge on any atom is -0.325 e. The van der Waals surface area contributed by atoms with E-state index >= 15 is 0 Å². The Morgan fingerprint density at radius 2 is 1.87 bits per heavy atom. The summed E-state index contributed by atoms with van der Waals surface area (Å²) >= 11 is 14.7. The minimum atomic E-state index is -0.619. The van der Waals surface area contributed by atoms with Gasteiger partial charge in [0.25, 0.3) is 5.69 Å². The van der Waals surface area contributed by atoms with Crippen molar-refractivity contribution in [2.24, 2.45) is 0 Å². The van der Waals surface area contributed by atoms with Crippen LogP contribution in [0.25, 0.3) is 10.2 Å². The average molecular weight is 490 g/mol. The first kappa shape index (κ1) is 21.6. The predicted octanol–water partition coefficient (Wildman–Crippen LogP) is 6.98. The van der Waals surface area contributed by atoms with Crippen LogP contribution in [0, 0.1) is 10.1 Å². The van der Waals surface area contributed by atoms with Crippen LogP contribution in [0.5, 0.6) is 0 Å². The lowest BCUT2D eigenvalue weighted by Crippen LogP contribution is -2.19. The van der Waals surface area contributed by atoms with Crippen LogP contribution in [0.1, 0.15) is 10.8 Å². The molecule has 1 atom stereocenters. The van der Waals surface area contributed by atoms with Crippen LogP contribution in [-0.2, 0) is 4.79 Å². The molecule has 0 fully saturated rings. The molecular weight excluding hydrogens is 477 g/mol. The second-order valence-electron chi connectivity index (χ2n) is 6.41. The van der Waals surface area contributed by atoms with Gasteiger partial charge >= 0.3 is 0 Å². The largest absolute Gasteiger partial charge is 0.325 e. The molecule has 0 aliphatic heterocycles. The quantitative estimate of drug-likeness (QED) is 0.179. The van der Waals surface area contributed by atoms with Gasteiger partial charge in [0.2, 0.25) is 5.91 Å². The number of hydrogen-bond donors (Lipinski definition) is 1. The molecule has 0 spiro atoms. The summed E-state index contributed by atoms with van der Waals surface area (Å²) in [5, 5.41) is 13.9. The molecule has 31 heavy (non-hydrogen) atoms. The van der Waals surface area contributed by atoms with E-state index < -0.39 is 10.2 Å². The van der Waals surface area contributed by atoms with Gasteiger partial charge in [-0.1, -0.05) is 65.3 Å². The summed E-state index contributed by atoms with van der Waals surface area (Å²) in [6.45, 7) is 0. The van der Waals surface area contributed by atoms with Crippen molar-refractivity contribution < 1.29 is 9.72 Å². The normalized spacial score (nSPS) is 11.9. The van der Waals surface area contributed by atoms with E-state index in [2.05, 4.69) is 10.3 Å². The molecule has 4 rings (SSSR count). The first-order valence-electron chi connectivity index (χ1n) is 8.93. The van der Waals surface area contributed by atoms with Gasteiger partial charge in [0.15, 0.2) is 4.34 Å². The number of nitro groups is 1. The number of nitrogens with one attached hydrogen (secondary N) is 1. The molecule has 1 N–H and O–H groups in total. The van der Waals surface area contributed by atoms with E-state index in [0.29, 0.717) is 15.0 Å². The highest BCUT2D eigenvalue weighted by Crippen LogP contribution is 2.40. The fraction of sp³-hybridized carbons (Fsp3) is 0.0476. The van der Waals surface area contributed by atoms with Gasteiger partial charge in [0.05, 0.1) is 15.1 Å². The number of carbonyl (C=O) groups is 1. The van der Waals surface area contributed by atoms with Crippen molar-refractivity contribution in [3.8, 4) is 0 Å². The second kappa shape index (κ2) is 9.23. The summed E-state index contributed by atoms with van der Waals surface area (Å²) in [7, 11) is 0. The van der Waals surface area contributed by atoms with Crippen molar-refractivity contribution in [1.82, 2.24) is 4.98 Å². The van der Waals surface area contributed by atoms with E-state index in [1.807, 2.05) is 36.4 Å². The van der Waals surface area contributed by atoms with E-state index in [4.69, 9.17) is 23.2 Å². The molecule has 0 saturated carbocycles. The Hall–Kier alpha value is -2.65. The Bertz CT molecular complexity index is 1280. The van der Waals surface area contributed by atoms with Crippen LogP contribution in [0.15, 0.2) is 71.1 Å². The fourth-order valence-corrected chi connectivity index (χ4v) is 5.46. The summed E-state index contributed by atoms with van der Waals surface area (Å²) in [5.74, 6) is -0.329. The number of nitrogens with zero attached hydrogens (tertiary/aromatic N) is 2. The molecule has 3 aromatic carbocycles. The van der Waals surface area contributed by atoms with Gasteiger partial charge in [-0.15, -0.1) is 11.3 Å². The van der Waals surface area contributed by atoms with E-state index in [0.717, 1.165) is 15.8 Å². The van der Waals surface area contributed by atoms with E-state index in [-0.39, 0.29) is 16.6 Å². The number of thiazole rings is 1. The highest BCUT2D eigenvalue weighted by atomic mass is 35.5. The number of amides is 1. The molecule has 156 valence electrons. The van der Waals surface area contributed by atoms with E-state index in [1.165, 1.54) is 41.3 Å². The summed E-state index contributed by atoms with van der Waals surface area (Å²) in [5.41, 5.74) is 1.57. The first-order chi connectivity index (χ1) is 14.9. The number of carbonyl (C=O) groups excluding carboxylic acids is 1. The molecule has 1 unspecified atom stereocenters. The molecule has 0 aliphatic carbocycles. The molecule has 0 radical (unpaired) electrons. The first-order valence-corrected chi connectivity index (χ1v) is 11.4. The number of nitro benzene ring substituents is 1. The van der Waals surface area contributed by atoms with Crippen molar-refractivity contribution in [3.05, 3.63) is 92.5 Å². The number of anilines is 1. The number of thioether (sulfide) groups is 1. The SMILES string of the molecule is O=C(Nc1ccc(Cl)c([N+](=O)[O-])c1)C(Sc1nc2cc(Cl)ccc2s1)c1ccccc1. The maximum atomic E-state index is 13.2. The van der Waals surface area contributed by atoms with Crippen LogP contribution in [0.3, 0.4) is 0 Å². The van der Waals surface area contributed by atoms with Crippen molar-refractivity contribution >= 4 is 73.8 Å². The number of fused-ring (bicyclic) bond motifs is 1. The fourth-order valence-electron chi connectivity index (χ4n) is 2.87. The lowest BCUT2D eigenvalue weighted by molar-refractivity contribution is -0.384. The number of halogens is 2. The maximum absolute atomic E-state index is 13.2. The number of aromatic nitrogens is 1. The molecule has 6 nitrogen and oxygen atoms in total. The van der Waals surface area contributed by atoms with Crippen molar-refractivity contribution in [1.29, 1.82) is 0 Å². The Balaban J connectivity index is 1.64. The van der Waals surface area contributed by atoms with E-state index in [1.54, 1.807) is 12.1 Å². The van der Waals surface area contributed by atoms with Crippen molar-refractivity contribution in [3.63, 3.8) is 0 Å². The van der Waals surface area contributed by atoms with E-state index in [9.17, 15) is 14.9 Å². The number of rotatable bonds is 6.